The molecule has 0 spiro atoms. The van der Waals surface area contributed by atoms with Crippen LogP contribution in [0.15, 0.2) is 30.3 Å². The average Bonchev–Trinajstić information content (AvgIpc) is 2.60. The summed E-state index contributed by atoms with van der Waals surface area (Å²) >= 11 is 0. The molecule has 0 saturated heterocycles. The summed E-state index contributed by atoms with van der Waals surface area (Å²) in [5, 5.41) is 12.5. The van der Waals surface area contributed by atoms with Crippen LogP contribution in [0.25, 0.3) is 0 Å². The first-order chi connectivity index (χ1) is 11.9. The molecule has 2 aromatic rings. The minimum absolute atomic E-state index is 0.0547. The van der Waals surface area contributed by atoms with E-state index in [-0.39, 0.29) is 18.1 Å². The summed E-state index contributed by atoms with van der Waals surface area (Å²) < 4.78 is 0. The first-order valence-electron chi connectivity index (χ1n) is 9.01. The smallest absolute Gasteiger partial charge is 0.225 e. The van der Waals surface area contributed by atoms with Crippen molar-refractivity contribution in [2.75, 3.05) is 23.4 Å². The number of rotatable bonds is 5. The van der Waals surface area contributed by atoms with Crippen LogP contribution < -0.4 is 10.2 Å². The molecule has 1 aromatic carbocycles. The van der Waals surface area contributed by atoms with Crippen LogP contribution in [0.1, 0.15) is 44.5 Å². The van der Waals surface area contributed by atoms with Gasteiger partial charge >= 0.3 is 0 Å². The molecule has 1 aliphatic heterocycles. The lowest BCUT2D eigenvalue weighted by atomic mass is 9.78. The van der Waals surface area contributed by atoms with Gasteiger partial charge < -0.3 is 15.3 Å². The van der Waals surface area contributed by atoms with Crippen LogP contribution in [0.2, 0.25) is 0 Å². The fraction of sp³-hybridized carbons (Fsp3) is 0.500. The van der Waals surface area contributed by atoms with Gasteiger partial charge in [0.1, 0.15) is 5.82 Å². The molecule has 0 unspecified atom stereocenters. The zero-order chi connectivity index (χ0) is 18.0. The zero-order valence-electron chi connectivity index (χ0n) is 15.6. The molecule has 134 valence electrons. The molecule has 0 radical (unpaired) electrons. The highest BCUT2D eigenvalue weighted by Gasteiger charge is 2.32. The number of nitrogens with zero attached hydrogens (tertiary/aromatic N) is 3. The number of fused-ring (bicyclic) bond motifs is 1. The van der Waals surface area contributed by atoms with Crippen LogP contribution in [0.3, 0.4) is 0 Å². The van der Waals surface area contributed by atoms with Crippen molar-refractivity contribution in [1.82, 2.24) is 9.97 Å². The molecule has 1 atom stereocenters. The maximum atomic E-state index is 9.29. The van der Waals surface area contributed by atoms with E-state index < -0.39 is 0 Å². The maximum Gasteiger partial charge on any atom is 0.225 e. The third-order valence-corrected chi connectivity index (χ3v) is 4.80. The number of aromatic nitrogens is 2. The van der Waals surface area contributed by atoms with Gasteiger partial charge in [-0.3, -0.25) is 0 Å². The molecule has 1 aromatic heterocycles. The van der Waals surface area contributed by atoms with E-state index in [4.69, 9.17) is 4.98 Å². The van der Waals surface area contributed by atoms with Crippen LogP contribution in [0.5, 0.6) is 0 Å². The SMILES string of the molecule is CCc1cc(N2Cc3ccccc3C(C)(C)C2)nc(N[C@H](C)CO)n1. The molecule has 0 aliphatic carbocycles. The molecule has 25 heavy (non-hydrogen) atoms. The van der Waals surface area contributed by atoms with Crippen molar-refractivity contribution in [1.29, 1.82) is 0 Å². The van der Waals surface area contributed by atoms with Crippen molar-refractivity contribution in [3.63, 3.8) is 0 Å². The molecule has 0 fully saturated rings. The summed E-state index contributed by atoms with van der Waals surface area (Å²) in [5.74, 6) is 1.54. The lowest BCUT2D eigenvalue weighted by Crippen LogP contribution is -2.42. The molecule has 3 rings (SSSR count). The van der Waals surface area contributed by atoms with E-state index in [0.29, 0.717) is 5.95 Å². The Morgan fingerprint density at radius 3 is 2.76 bits per heavy atom. The molecule has 0 amide bonds. The summed E-state index contributed by atoms with van der Waals surface area (Å²) in [6.07, 6.45) is 0.853. The lowest BCUT2D eigenvalue weighted by Gasteiger charge is -2.40. The number of aliphatic hydroxyl groups is 1. The quantitative estimate of drug-likeness (QED) is 0.876. The standard InChI is InChI=1S/C20H28N4O/c1-5-16-10-18(23-19(22-16)21-14(2)12-25)24-11-15-8-6-7-9-17(15)20(3,4)13-24/h6-10,14,25H,5,11-13H2,1-4H3,(H,21,22,23)/t14-/m1/s1. The Morgan fingerprint density at radius 1 is 1.28 bits per heavy atom. The van der Waals surface area contributed by atoms with Crippen LogP contribution in [0.4, 0.5) is 11.8 Å². The zero-order valence-corrected chi connectivity index (χ0v) is 15.6. The minimum atomic E-state index is -0.0709. The van der Waals surface area contributed by atoms with Crippen LogP contribution in [0, 0.1) is 0 Å². The van der Waals surface area contributed by atoms with Crippen LogP contribution in [-0.2, 0) is 18.4 Å². The van der Waals surface area contributed by atoms with E-state index in [2.05, 4.69) is 66.3 Å². The molecule has 2 heterocycles. The summed E-state index contributed by atoms with van der Waals surface area (Å²) in [7, 11) is 0. The number of nitrogens with one attached hydrogen (secondary N) is 1. The summed E-state index contributed by atoms with van der Waals surface area (Å²) in [4.78, 5) is 11.6. The van der Waals surface area contributed by atoms with Crippen molar-refractivity contribution < 1.29 is 5.11 Å². The normalized spacial score (nSPS) is 17.1. The number of aliphatic hydroxyl groups excluding tert-OH is 1. The van der Waals surface area contributed by atoms with Gasteiger partial charge in [-0.05, 0) is 24.5 Å². The summed E-state index contributed by atoms with van der Waals surface area (Å²) in [6.45, 7) is 10.4. The number of benzene rings is 1. The topological polar surface area (TPSA) is 61.3 Å². The van der Waals surface area contributed by atoms with E-state index >= 15 is 0 Å². The van der Waals surface area contributed by atoms with Gasteiger partial charge in [0.15, 0.2) is 0 Å². The highest BCUT2D eigenvalue weighted by molar-refractivity contribution is 5.50. The molecular formula is C20H28N4O. The summed E-state index contributed by atoms with van der Waals surface area (Å²) in [6, 6.07) is 10.7. The third kappa shape index (κ3) is 3.76. The Bertz CT molecular complexity index is 744. The van der Waals surface area contributed by atoms with E-state index in [9.17, 15) is 5.11 Å². The Balaban J connectivity index is 1.95. The van der Waals surface area contributed by atoms with E-state index in [1.165, 1.54) is 11.1 Å². The van der Waals surface area contributed by atoms with Gasteiger partial charge in [-0.25, -0.2) is 4.98 Å². The highest BCUT2D eigenvalue weighted by atomic mass is 16.3. The average molecular weight is 340 g/mol. The number of hydrogen-bond donors (Lipinski definition) is 2. The monoisotopic (exact) mass is 340 g/mol. The third-order valence-electron chi connectivity index (χ3n) is 4.80. The Labute approximate surface area is 150 Å². The van der Waals surface area contributed by atoms with Crippen molar-refractivity contribution in [3.05, 3.63) is 47.2 Å². The fourth-order valence-corrected chi connectivity index (χ4v) is 3.46. The fourth-order valence-electron chi connectivity index (χ4n) is 3.46. The second-order valence-electron chi connectivity index (χ2n) is 7.52. The van der Waals surface area contributed by atoms with Gasteiger partial charge in [-0.2, -0.15) is 4.98 Å². The van der Waals surface area contributed by atoms with Crippen molar-refractivity contribution >= 4 is 11.8 Å². The summed E-state index contributed by atoms with van der Waals surface area (Å²) in [5.41, 5.74) is 3.85. The van der Waals surface area contributed by atoms with Gasteiger partial charge in [0.2, 0.25) is 5.95 Å². The lowest BCUT2D eigenvalue weighted by molar-refractivity contribution is 0.281. The largest absolute Gasteiger partial charge is 0.394 e. The van der Waals surface area contributed by atoms with Gasteiger partial charge in [-0.1, -0.05) is 45.0 Å². The Hall–Kier alpha value is -2.14. The first kappa shape index (κ1) is 17.7. The number of anilines is 2. The molecular weight excluding hydrogens is 312 g/mol. The Kier molecular flexibility index (Phi) is 4.95. The van der Waals surface area contributed by atoms with Gasteiger partial charge in [-0.15, -0.1) is 0 Å². The maximum absolute atomic E-state index is 9.29. The van der Waals surface area contributed by atoms with Crippen molar-refractivity contribution in [3.8, 4) is 0 Å². The molecule has 0 saturated carbocycles. The van der Waals surface area contributed by atoms with E-state index in [0.717, 1.165) is 31.0 Å². The second kappa shape index (κ2) is 7.00. The van der Waals surface area contributed by atoms with Crippen LogP contribution in [-0.4, -0.2) is 34.3 Å². The predicted molar refractivity (Wildman–Crippen MR) is 102 cm³/mol. The second-order valence-corrected chi connectivity index (χ2v) is 7.52. The van der Waals surface area contributed by atoms with Gasteiger partial charge in [0.05, 0.1) is 6.61 Å². The number of aryl methyl sites for hydroxylation is 1. The van der Waals surface area contributed by atoms with E-state index in [1.807, 2.05) is 6.92 Å². The molecule has 0 bridgehead atoms. The minimum Gasteiger partial charge on any atom is -0.394 e. The van der Waals surface area contributed by atoms with Gasteiger partial charge in [0.25, 0.3) is 0 Å². The Morgan fingerprint density at radius 2 is 2.04 bits per heavy atom. The molecule has 1 aliphatic rings. The van der Waals surface area contributed by atoms with Crippen LogP contribution >= 0.6 is 0 Å². The molecule has 5 nitrogen and oxygen atoms in total. The van der Waals surface area contributed by atoms with Crippen molar-refractivity contribution in [2.24, 2.45) is 0 Å². The van der Waals surface area contributed by atoms with Gasteiger partial charge in [0, 0.05) is 36.3 Å². The van der Waals surface area contributed by atoms with Crippen molar-refractivity contribution in [2.45, 2.75) is 52.1 Å². The highest BCUT2D eigenvalue weighted by Crippen LogP contribution is 2.35. The number of hydrogen-bond acceptors (Lipinski definition) is 5. The molecule has 2 N–H and O–H groups in total. The predicted octanol–water partition coefficient (Wildman–Crippen LogP) is 3.13. The molecule has 5 heteroatoms. The van der Waals surface area contributed by atoms with E-state index in [1.54, 1.807) is 0 Å². The first-order valence-corrected chi connectivity index (χ1v) is 9.01.